The minimum absolute atomic E-state index is 0.0459. The van der Waals surface area contributed by atoms with E-state index in [1.54, 1.807) is 25.1 Å². The first-order valence-electron chi connectivity index (χ1n) is 7.51. The molecule has 4 nitrogen and oxygen atoms in total. The summed E-state index contributed by atoms with van der Waals surface area (Å²) >= 11 is 5.90. The van der Waals surface area contributed by atoms with Gasteiger partial charge in [0, 0.05) is 10.6 Å². The lowest BCUT2D eigenvalue weighted by Crippen LogP contribution is -2.12. The second-order valence-corrected chi connectivity index (χ2v) is 5.89. The summed E-state index contributed by atoms with van der Waals surface area (Å²) in [5.74, 6) is 1.21. The Morgan fingerprint density at radius 1 is 1.17 bits per heavy atom. The molecule has 0 amide bonds. The molecular weight excluding hydrogens is 326 g/mol. The third-order valence-electron chi connectivity index (χ3n) is 3.59. The Morgan fingerprint density at radius 3 is 2.62 bits per heavy atom. The topological polar surface area (TPSA) is 52.3 Å². The van der Waals surface area contributed by atoms with E-state index >= 15 is 0 Å². The molecule has 3 aromatic rings. The van der Waals surface area contributed by atoms with E-state index in [0.717, 1.165) is 11.1 Å². The summed E-state index contributed by atoms with van der Waals surface area (Å²) in [6.45, 7) is 3.62. The van der Waals surface area contributed by atoms with Gasteiger partial charge in [-0.3, -0.25) is 4.79 Å². The van der Waals surface area contributed by atoms with Crippen molar-refractivity contribution in [1.82, 2.24) is 4.98 Å². The molecule has 0 fully saturated rings. The molecule has 0 spiro atoms. The Labute approximate surface area is 145 Å². The fraction of sp³-hybridized carbons (Fsp3) is 0.158. The van der Waals surface area contributed by atoms with Crippen molar-refractivity contribution in [3.8, 4) is 17.2 Å². The average molecular weight is 342 g/mol. The second kappa shape index (κ2) is 6.89. The number of hydrogen-bond donors (Lipinski definition) is 0. The van der Waals surface area contributed by atoms with E-state index in [4.69, 9.17) is 20.8 Å². The SMILES string of the molecule is Cc1cc(Cl)ccc1OC(=O)Cc1nc(-c2ccccc2)oc1C. The number of halogens is 1. The molecule has 0 bridgehead atoms. The Balaban J connectivity index is 1.74. The van der Waals surface area contributed by atoms with Crippen molar-refractivity contribution in [2.24, 2.45) is 0 Å². The maximum atomic E-state index is 12.2. The molecule has 24 heavy (non-hydrogen) atoms. The predicted molar refractivity (Wildman–Crippen MR) is 92.2 cm³/mol. The van der Waals surface area contributed by atoms with E-state index in [0.29, 0.717) is 28.1 Å². The van der Waals surface area contributed by atoms with Crippen LogP contribution in [0.2, 0.25) is 5.02 Å². The molecule has 122 valence electrons. The number of hydrogen-bond acceptors (Lipinski definition) is 4. The Hall–Kier alpha value is -2.59. The largest absolute Gasteiger partial charge is 0.441 e. The number of rotatable bonds is 4. The minimum Gasteiger partial charge on any atom is -0.441 e. The van der Waals surface area contributed by atoms with Crippen LogP contribution in [0.4, 0.5) is 0 Å². The molecule has 5 heteroatoms. The van der Waals surface area contributed by atoms with Crippen LogP contribution >= 0.6 is 11.6 Å². The summed E-state index contributed by atoms with van der Waals surface area (Å²) in [5, 5.41) is 0.604. The molecule has 0 atom stereocenters. The van der Waals surface area contributed by atoms with Crippen LogP contribution in [0.1, 0.15) is 17.0 Å². The van der Waals surface area contributed by atoms with Gasteiger partial charge in [0.2, 0.25) is 5.89 Å². The average Bonchev–Trinajstić information content (AvgIpc) is 2.92. The van der Waals surface area contributed by atoms with Crippen molar-refractivity contribution in [2.45, 2.75) is 20.3 Å². The number of esters is 1. The van der Waals surface area contributed by atoms with Crippen LogP contribution in [-0.4, -0.2) is 11.0 Å². The van der Waals surface area contributed by atoms with Crippen molar-refractivity contribution < 1.29 is 13.9 Å². The summed E-state index contributed by atoms with van der Waals surface area (Å²) in [6.07, 6.45) is 0.0459. The first kappa shape index (κ1) is 16.3. The number of nitrogens with zero attached hydrogens (tertiary/aromatic N) is 1. The fourth-order valence-electron chi connectivity index (χ4n) is 2.32. The summed E-state index contributed by atoms with van der Waals surface area (Å²) in [6, 6.07) is 14.7. The number of aryl methyl sites for hydroxylation is 2. The third-order valence-corrected chi connectivity index (χ3v) is 3.82. The normalized spacial score (nSPS) is 10.6. The smallest absolute Gasteiger partial charge is 0.317 e. The summed E-state index contributed by atoms with van der Waals surface area (Å²) in [7, 11) is 0. The van der Waals surface area contributed by atoms with E-state index in [9.17, 15) is 4.79 Å². The number of carbonyl (C=O) groups excluding carboxylic acids is 1. The van der Waals surface area contributed by atoms with Gasteiger partial charge in [0.25, 0.3) is 0 Å². The maximum absolute atomic E-state index is 12.2. The number of carbonyl (C=O) groups is 1. The van der Waals surface area contributed by atoms with Crippen molar-refractivity contribution in [3.63, 3.8) is 0 Å². The van der Waals surface area contributed by atoms with Crippen LogP contribution in [0.25, 0.3) is 11.5 Å². The van der Waals surface area contributed by atoms with Crippen LogP contribution in [0, 0.1) is 13.8 Å². The van der Waals surface area contributed by atoms with Gasteiger partial charge in [0.15, 0.2) is 0 Å². The Morgan fingerprint density at radius 2 is 1.92 bits per heavy atom. The molecule has 1 heterocycles. The van der Waals surface area contributed by atoms with E-state index in [-0.39, 0.29) is 6.42 Å². The lowest BCUT2D eigenvalue weighted by Gasteiger charge is -2.06. The highest BCUT2D eigenvalue weighted by Gasteiger charge is 2.16. The van der Waals surface area contributed by atoms with Crippen molar-refractivity contribution in [1.29, 1.82) is 0 Å². The molecule has 0 aliphatic rings. The maximum Gasteiger partial charge on any atom is 0.317 e. The zero-order valence-corrected chi connectivity index (χ0v) is 14.1. The Kier molecular flexibility index (Phi) is 4.67. The van der Waals surface area contributed by atoms with E-state index in [1.807, 2.05) is 37.3 Å². The summed E-state index contributed by atoms with van der Waals surface area (Å²) in [4.78, 5) is 16.6. The van der Waals surface area contributed by atoms with Gasteiger partial charge in [0.05, 0.1) is 12.1 Å². The molecule has 0 saturated heterocycles. The molecule has 2 aromatic carbocycles. The van der Waals surface area contributed by atoms with E-state index < -0.39 is 5.97 Å². The molecule has 3 rings (SSSR count). The third kappa shape index (κ3) is 3.66. The standard InChI is InChI=1S/C19H16ClNO3/c1-12-10-15(20)8-9-17(12)24-18(22)11-16-13(2)23-19(21-16)14-6-4-3-5-7-14/h3-10H,11H2,1-2H3. The van der Waals surface area contributed by atoms with Crippen LogP contribution < -0.4 is 4.74 Å². The number of oxazole rings is 1. The second-order valence-electron chi connectivity index (χ2n) is 5.45. The first-order valence-corrected chi connectivity index (χ1v) is 7.89. The van der Waals surface area contributed by atoms with Crippen molar-refractivity contribution >= 4 is 17.6 Å². The Bertz CT molecular complexity index is 872. The van der Waals surface area contributed by atoms with Crippen LogP contribution in [0.3, 0.4) is 0 Å². The molecule has 0 N–H and O–H groups in total. The molecule has 0 unspecified atom stereocenters. The van der Waals surface area contributed by atoms with Gasteiger partial charge in [0.1, 0.15) is 11.5 Å². The van der Waals surface area contributed by atoms with Gasteiger partial charge in [-0.1, -0.05) is 29.8 Å². The monoisotopic (exact) mass is 341 g/mol. The highest BCUT2D eigenvalue weighted by atomic mass is 35.5. The fourth-order valence-corrected chi connectivity index (χ4v) is 2.55. The van der Waals surface area contributed by atoms with Crippen molar-refractivity contribution in [3.05, 3.63) is 70.6 Å². The summed E-state index contributed by atoms with van der Waals surface area (Å²) < 4.78 is 11.0. The molecule has 0 radical (unpaired) electrons. The lowest BCUT2D eigenvalue weighted by molar-refractivity contribution is -0.133. The van der Waals surface area contributed by atoms with Gasteiger partial charge < -0.3 is 9.15 Å². The molecule has 0 aliphatic carbocycles. The van der Waals surface area contributed by atoms with Crippen LogP contribution in [0.5, 0.6) is 5.75 Å². The van der Waals surface area contributed by atoms with Gasteiger partial charge in [-0.25, -0.2) is 4.98 Å². The molecule has 0 aliphatic heterocycles. The highest BCUT2D eigenvalue weighted by Crippen LogP contribution is 2.24. The van der Waals surface area contributed by atoms with Crippen molar-refractivity contribution in [2.75, 3.05) is 0 Å². The predicted octanol–water partition coefficient (Wildman–Crippen LogP) is 4.76. The van der Waals surface area contributed by atoms with Crippen LogP contribution in [-0.2, 0) is 11.2 Å². The molecule has 0 saturated carbocycles. The van der Waals surface area contributed by atoms with E-state index in [1.165, 1.54) is 0 Å². The zero-order chi connectivity index (χ0) is 17.1. The lowest BCUT2D eigenvalue weighted by atomic mass is 10.2. The molecular formula is C19H16ClNO3. The summed E-state index contributed by atoms with van der Waals surface area (Å²) in [5.41, 5.74) is 2.25. The van der Waals surface area contributed by atoms with Gasteiger partial charge in [-0.2, -0.15) is 0 Å². The van der Waals surface area contributed by atoms with Gasteiger partial charge >= 0.3 is 5.97 Å². The number of benzene rings is 2. The minimum atomic E-state index is -0.392. The van der Waals surface area contributed by atoms with Gasteiger partial charge in [-0.05, 0) is 49.7 Å². The van der Waals surface area contributed by atoms with E-state index in [2.05, 4.69) is 4.98 Å². The highest BCUT2D eigenvalue weighted by molar-refractivity contribution is 6.30. The van der Waals surface area contributed by atoms with Crippen LogP contribution in [0.15, 0.2) is 52.9 Å². The van der Waals surface area contributed by atoms with Gasteiger partial charge in [-0.15, -0.1) is 0 Å². The number of aromatic nitrogens is 1. The first-order chi connectivity index (χ1) is 11.5. The zero-order valence-electron chi connectivity index (χ0n) is 13.4. The number of ether oxygens (including phenoxy) is 1. The quantitative estimate of drug-likeness (QED) is 0.507. The molecule has 1 aromatic heterocycles.